The van der Waals surface area contributed by atoms with E-state index in [-0.39, 0.29) is 12.5 Å². The van der Waals surface area contributed by atoms with E-state index in [4.69, 9.17) is 9.47 Å². The van der Waals surface area contributed by atoms with Crippen molar-refractivity contribution in [2.45, 2.75) is 45.0 Å². The number of hydrogen-bond donors (Lipinski definition) is 2. The number of carbonyl (C=O) groups excluding carboxylic acids is 2. The first-order valence-corrected chi connectivity index (χ1v) is 8.15. The number of carbonyl (C=O) groups is 2. The minimum atomic E-state index is -1.13. The van der Waals surface area contributed by atoms with Crippen molar-refractivity contribution in [3.63, 3.8) is 0 Å². The molecule has 0 aromatic carbocycles. The lowest BCUT2D eigenvalue weighted by atomic mass is 10.1. The Morgan fingerprint density at radius 2 is 2.00 bits per heavy atom. The fraction of sp³-hybridized carbons (Fsp3) is 0.875. The van der Waals surface area contributed by atoms with Gasteiger partial charge < -0.3 is 24.8 Å². The highest BCUT2D eigenvalue weighted by Crippen LogP contribution is 2.15. The molecule has 0 aliphatic carbocycles. The smallest absolute Gasteiger partial charge is 0.410 e. The second-order valence-electron chi connectivity index (χ2n) is 7.54. The minimum absolute atomic E-state index is 0.129. The van der Waals surface area contributed by atoms with Crippen LogP contribution in [0.15, 0.2) is 0 Å². The number of aliphatic hydroxyl groups is 1. The lowest BCUT2D eigenvalue weighted by molar-refractivity contribution is -0.140. The van der Waals surface area contributed by atoms with Crippen molar-refractivity contribution in [3.05, 3.63) is 0 Å². The Morgan fingerprint density at radius 3 is 2.54 bits per heavy atom. The number of nitrogens with zero attached hydrogens (tertiary/aromatic N) is 2. The van der Waals surface area contributed by atoms with Crippen LogP contribution in [0.5, 0.6) is 0 Å². The highest BCUT2D eigenvalue weighted by Gasteiger charge is 2.33. The fourth-order valence-electron chi connectivity index (χ4n) is 2.61. The predicted octanol–water partition coefficient (Wildman–Crippen LogP) is 0.0511. The highest BCUT2D eigenvalue weighted by atomic mass is 16.6. The molecule has 0 saturated carbocycles. The molecule has 0 aromatic rings. The van der Waals surface area contributed by atoms with E-state index >= 15 is 0 Å². The van der Waals surface area contributed by atoms with Gasteiger partial charge in [0.05, 0.1) is 18.8 Å². The van der Waals surface area contributed by atoms with E-state index in [0.717, 1.165) is 0 Å². The lowest BCUT2D eigenvalue weighted by Crippen LogP contribution is -2.55. The van der Waals surface area contributed by atoms with E-state index in [0.29, 0.717) is 26.2 Å². The van der Waals surface area contributed by atoms with Crippen LogP contribution in [-0.2, 0) is 14.3 Å². The number of nitrogens with one attached hydrogen (secondary N) is 1. The van der Waals surface area contributed by atoms with Crippen LogP contribution in [0.1, 0.15) is 27.7 Å². The van der Waals surface area contributed by atoms with E-state index in [1.807, 2.05) is 4.90 Å². The summed E-state index contributed by atoms with van der Waals surface area (Å²) in [6.07, 6.45) is -1.02. The molecule has 1 rings (SSSR count). The zero-order valence-corrected chi connectivity index (χ0v) is 15.6. The summed E-state index contributed by atoms with van der Waals surface area (Å²) in [6.45, 7) is 8.97. The average molecular weight is 345 g/mol. The van der Waals surface area contributed by atoms with Gasteiger partial charge in [0.25, 0.3) is 0 Å². The van der Waals surface area contributed by atoms with Crippen LogP contribution in [0, 0.1) is 0 Å². The third-order valence-corrected chi connectivity index (χ3v) is 3.54. The Kier molecular flexibility index (Phi) is 7.00. The van der Waals surface area contributed by atoms with Crippen molar-refractivity contribution in [3.8, 4) is 0 Å². The number of ether oxygens (including phenoxy) is 2. The zero-order chi connectivity index (χ0) is 18.5. The Labute approximate surface area is 144 Å². The van der Waals surface area contributed by atoms with Crippen LogP contribution in [-0.4, -0.2) is 91.1 Å². The molecule has 1 aliphatic rings. The van der Waals surface area contributed by atoms with E-state index in [1.165, 1.54) is 4.90 Å². The molecule has 2 amide bonds. The molecule has 1 fully saturated rings. The molecule has 140 valence electrons. The molecule has 1 heterocycles. The summed E-state index contributed by atoms with van der Waals surface area (Å²) in [5, 5.41) is 13.2. The van der Waals surface area contributed by atoms with E-state index in [1.54, 1.807) is 41.8 Å². The molecule has 0 bridgehead atoms. The van der Waals surface area contributed by atoms with Gasteiger partial charge in [-0.15, -0.1) is 0 Å². The molecule has 8 nitrogen and oxygen atoms in total. The van der Waals surface area contributed by atoms with Gasteiger partial charge in [0.1, 0.15) is 11.7 Å². The normalized spacial score (nSPS) is 21.7. The van der Waals surface area contributed by atoms with E-state index < -0.39 is 23.4 Å². The van der Waals surface area contributed by atoms with Crippen LogP contribution in [0.25, 0.3) is 0 Å². The lowest BCUT2D eigenvalue weighted by Gasteiger charge is -2.38. The molecule has 24 heavy (non-hydrogen) atoms. The van der Waals surface area contributed by atoms with Crippen LogP contribution in [0.3, 0.4) is 0 Å². The maximum Gasteiger partial charge on any atom is 0.410 e. The van der Waals surface area contributed by atoms with Crippen molar-refractivity contribution < 1.29 is 24.2 Å². The van der Waals surface area contributed by atoms with Gasteiger partial charge in [0.15, 0.2) is 0 Å². The number of hydrogen-bond acceptors (Lipinski definition) is 6. The van der Waals surface area contributed by atoms with Gasteiger partial charge in [0.2, 0.25) is 5.91 Å². The van der Waals surface area contributed by atoms with E-state index in [9.17, 15) is 14.7 Å². The standard InChI is InChI=1S/C16H31N3O5/c1-15(2,3)24-14(21)18(6)10-16(4,22)11-19-7-8-23-12(9-19)13(20)17-5/h12,22H,7-11H2,1-6H3,(H,17,20)/t12-,16-/m0/s1. The highest BCUT2D eigenvalue weighted by molar-refractivity contribution is 5.80. The number of morpholine rings is 1. The Morgan fingerprint density at radius 1 is 1.38 bits per heavy atom. The molecule has 0 spiro atoms. The molecule has 0 aromatic heterocycles. The SMILES string of the molecule is CNC(=O)[C@@H]1CN(C[C@@](C)(O)CN(C)C(=O)OC(C)(C)C)CCO1. The van der Waals surface area contributed by atoms with Crippen LogP contribution in [0.4, 0.5) is 4.79 Å². The monoisotopic (exact) mass is 345 g/mol. The minimum Gasteiger partial charge on any atom is -0.444 e. The van der Waals surface area contributed by atoms with Crippen molar-refractivity contribution in [1.29, 1.82) is 0 Å². The van der Waals surface area contributed by atoms with Crippen molar-refractivity contribution in [2.24, 2.45) is 0 Å². The summed E-state index contributed by atoms with van der Waals surface area (Å²) in [4.78, 5) is 27.0. The molecule has 0 radical (unpaired) electrons. The van der Waals surface area contributed by atoms with Crippen LogP contribution in [0.2, 0.25) is 0 Å². The summed E-state index contributed by atoms with van der Waals surface area (Å²) in [5.41, 5.74) is -1.71. The first kappa shape index (κ1) is 20.7. The molecule has 2 atom stereocenters. The van der Waals surface area contributed by atoms with Gasteiger partial charge in [-0.2, -0.15) is 0 Å². The topological polar surface area (TPSA) is 91.3 Å². The third kappa shape index (κ3) is 7.02. The summed E-state index contributed by atoms with van der Waals surface area (Å²) in [5.74, 6) is -0.176. The molecule has 1 aliphatic heterocycles. The molecule has 8 heteroatoms. The number of β-amino-alcohol motifs (C(OH)–C–C–N with tert-alkyl or cyclic N) is 1. The quantitative estimate of drug-likeness (QED) is 0.732. The zero-order valence-electron chi connectivity index (χ0n) is 15.6. The van der Waals surface area contributed by atoms with Gasteiger partial charge in [-0.1, -0.05) is 0 Å². The van der Waals surface area contributed by atoms with Crippen molar-refractivity contribution >= 4 is 12.0 Å². The summed E-state index contributed by atoms with van der Waals surface area (Å²) in [7, 11) is 3.16. The van der Waals surface area contributed by atoms with Crippen LogP contribution >= 0.6 is 0 Å². The second kappa shape index (κ2) is 8.13. The maximum atomic E-state index is 12.0. The fourth-order valence-corrected chi connectivity index (χ4v) is 2.61. The van der Waals surface area contributed by atoms with Crippen molar-refractivity contribution in [2.75, 3.05) is 46.9 Å². The summed E-state index contributed by atoms with van der Waals surface area (Å²) in [6, 6.07) is 0. The Bertz CT molecular complexity index is 447. The second-order valence-corrected chi connectivity index (χ2v) is 7.54. The first-order chi connectivity index (χ1) is 10.9. The van der Waals surface area contributed by atoms with Gasteiger partial charge in [-0.3, -0.25) is 9.69 Å². The largest absolute Gasteiger partial charge is 0.444 e. The number of rotatable bonds is 5. The average Bonchev–Trinajstić information content (AvgIpc) is 2.43. The summed E-state index contributed by atoms with van der Waals surface area (Å²) >= 11 is 0. The van der Waals surface area contributed by atoms with Gasteiger partial charge in [0, 0.05) is 33.7 Å². The molecular weight excluding hydrogens is 314 g/mol. The molecule has 0 unspecified atom stereocenters. The molecule has 1 saturated heterocycles. The van der Waals surface area contributed by atoms with E-state index in [2.05, 4.69) is 5.32 Å². The van der Waals surface area contributed by atoms with Crippen molar-refractivity contribution in [1.82, 2.24) is 15.1 Å². The Balaban J connectivity index is 2.56. The van der Waals surface area contributed by atoms with Crippen LogP contribution < -0.4 is 5.32 Å². The summed E-state index contributed by atoms with van der Waals surface area (Å²) < 4.78 is 10.7. The number of likely N-dealkylation sites (N-methyl/N-ethyl adjacent to an activating group) is 2. The van der Waals surface area contributed by atoms with Gasteiger partial charge in [-0.25, -0.2) is 4.79 Å². The first-order valence-electron chi connectivity index (χ1n) is 8.15. The van der Waals surface area contributed by atoms with Gasteiger partial charge in [-0.05, 0) is 27.7 Å². The third-order valence-electron chi connectivity index (χ3n) is 3.54. The molecule has 2 N–H and O–H groups in total. The predicted molar refractivity (Wildman–Crippen MR) is 89.7 cm³/mol. The molecular formula is C16H31N3O5. The maximum absolute atomic E-state index is 12.0. The number of amides is 2. The Hall–Kier alpha value is -1.38. The van der Waals surface area contributed by atoms with Gasteiger partial charge >= 0.3 is 6.09 Å².